The molecule has 1 aliphatic rings. The molecule has 0 aliphatic carbocycles. The normalized spacial score (nSPS) is 15.4. The van der Waals surface area contributed by atoms with Gasteiger partial charge in [0.1, 0.15) is 0 Å². The molecular formula is C14H12BrNO3S. The molecule has 1 amide bonds. The summed E-state index contributed by atoms with van der Waals surface area (Å²) in [6.45, 7) is 1.24. The first kappa shape index (κ1) is 13.8. The van der Waals surface area contributed by atoms with Crippen LogP contribution in [0.25, 0.3) is 0 Å². The smallest absolute Gasteiger partial charge is 0.265 e. The van der Waals surface area contributed by atoms with Crippen molar-refractivity contribution in [3.05, 3.63) is 50.6 Å². The van der Waals surface area contributed by atoms with Crippen molar-refractivity contribution in [2.24, 2.45) is 0 Å². The number of benzene rings is 1. The third-order valence-electron chi connectivity index (χ3n) is 2.86. The van der Waals surface area contributed by atoms with Crippen molar-refractivity contribution in [1.29, 1.82) is 0 Å². The Bertz CT molecular complexity index is 605. The number of thiophene rings is 1. The lowest BCUT2D eigenvalue weighted by molar-refractivity contribution is -0.0441. The van der Waals surface area contributed by atoms with E-state index in [9.17, 15) is 4.79 Å². The third-order valence-corrected chi connectivity index (χ3v) is 4.48. The second kappa shape index (κ2) is 6.05. The van der Waals surface area contributed by atoms with Gasteiger partial charge in [-0.2, -0.15) is 0 Å². The molecule has 0 unspecified atom stereocenters. The van der Waals surface area contributed by atoms with Gasteiger partial charge in [-0.25, -0.2) is 0 Å². The Morgan fingerprint density at radius 3 is 2.45 bits per heavy atom. The highest BCUT2D eigenvalue weighted by Crippen LogP contribution is 2.25. The first-order chi connectivity index (χ1) is 9.72. The van der Waals surface area contributed by atoms with Gasteiger partial charge in [-0.3, -0.25) is 4.79 Å². The molecule has 0 bridgehead atoms. The Morgan fingerprint density at radius 1 is 1.15 bits per heavy atom. The Kier molecular flexibility index (Phi) is 4.16. The largest absolute Gasteiger partial charge is 0.346 e. The fourth-order valence-corrected chi connectivity index (χ4v) is 3.18. The number of amides is 1. The number of carbonyl (C=O) groups is 1. The number of ether oxygens (including phenoxy) is 2. The summed E-state index contributed by atoms with van der Waals surface area (Å²) in [5, 5.41) is 2.86. The number of rotatable bonds is 3. The van der Waals surface area contributed by atoms with Gasteiger partial charge in [0.2, 0.25) is 0 Å². The molecular weight excluding hydrogens is 342 g/mol. The van der Waals surface area contributed by atoms with Crippen LogP contribution in [0.3, 0.4) is 0 Å². The average molecular weight is 354 g/mol. The third kappa shape index (κ3) is 3.09. The van der Waals surface area contributed by atoms with Crippen molar-refractivity contribution in [1.82, 2.24) is 0 Å². The molecule has 4 nitrogen and oxygen atoms in total. The summed E-state index contributed by atoms with van der Waals surface area (Å²) in [6.07, 6.45) is -0.284. The second-order valence-electron chi connectivity index (χ2n) is 4.25. The summed E-state index contributed by atoms with van der Waals surface area (Å²) in [6, 6.07) is 11.1. The second-order valence-corrected chi connectivity index (χ2v) is 6.72. The van der Waals surface area contributed by atoms with Gasteiger partial charge in [0, 0.05) is 11.3 Å². The van der Waals surface area contributed by atoms with Crippen LogP contribution in [0.1, 0.15) is 21.5 Å². The number of nitrogens with one attached hydrogen (secondary N) is 1. The van der Waals surface area contributed by atoms with E-state index in [0.29, 0.717) is 18.1 Å². The standard InChI is InChI=1S/C14H12BrNO3S/c15-12-6-5-11(20-12)13(17)16-10-3-1-9(2-4-10)14-18-7-8-19-14/h1-6,14H,7-8H2,(H,16,17). The molecule has 0 radical (unpaired) electrons. The number of hydrogen-bond donors (Lipinski definition) is 1. The van der Waals surface area contributed by atoms with Crippen LogP contribution in [0, 0.1) is 0 Å². The number of carbonyl (C=O) groups excluding carboxylic acids is 1. The highest BCUT2D eigenvalue weighted by molar-refractivity contribution is 9.11. The van der Waals surface area contributed by atoms with Crippen LogP contribution in [0.2, 0.25) is 0 Å². The first-order valence-electron chi connectivity index (χ1n) is 6.12. The number of anilines is 1. The zero-order valence-electron chi connectivity index (χ0n) is 10.5. The van der Waals surface area contributed by atoms with E-state index < -0.39 is 0 Å². The molecule has 0 atom stereocenters. The van der Waals surface area contributed by atoms with Crippen LogP contribution in [0.5, 0.6) is 0 Å². The maximum absolute atomic E-state index is 12.0. The summed E-state index contributed by atoms with van der Waals surface area (Å²) in [7, 11) is 0. The van der Waals surface area contributed by atoms with E-state index in [1.54, 1.807) is 6.07 Å². The average Bonchev–Trinajstić information content (AvgIpc) is 3.10. The summed E-state index contributed by atoms with van der Waals surface area (Å²) in [5.74, 6) is -0.109. The minimum atomic E-state index is -0.284. The summed E-state index contributed by atoms with van der Waals surface area (Å²) in [5.41, 5.74) is 1.71. The zero-order chi connectivity index (χ0) is 13.9. The topological polar surface area (TPSA) is 47.6 Å². The SMILES string of the molecule is O=C(Nc1ccc(C2OCCO2)cc1)c1ccc(Br)s1. The van der Waals surface area contributed by atoms with E-state index in [1.807, 2.05) is 30.3 Å². The van der Waals surface area contributed by atoms with Crippen molar-refractivity contribution in [3.63, 3.8) is 0 Å². The minimum Gasteiger partial charge on any atom is -0.346 e. The predicted molar refractivity (Wildman–Crippen MR) is 81.1 cm³/mol. The quantitative estimate of drug-likeness (QED) is 0.912. The van der Waals surface area contributed by atoms with Crippen LogP contribution < -0.4 is 5.32 Å². The maximum atomic E-state index is 12.0. The fraction of sp³-hybridized carbons (Fsp3) is 0.214. The van der Waals surface area contributed by atoms with E-state index in [2.05, 4.69) is 21.2 Å². The molecule has 1 aromatic carbocycles. The molecule has 1 N–H and O–H groups in total. The molecule has 3 rings (SSSR count). The van der Waals surface area contributed by atoms with Gasteiger partial charge in [-0.05, 0) is 40.2 Å². The van der Waals surface area contributed by atoms with Crippen molar-refractivity contribution < 1.29 is 14.3 Å². The van der Waals surface area contributed by atoms with Gasteiger partial charge in [0.05, 0.1) is 21.9 Å². The lowest BCUT2D eigenvalue weighted by Gasteiger charge is -2.10. The lowest BCUT2D eigenvalue weighted by atomic mass is 10.2. The summed E-state index contributed by atoms with van der Waals surface area (Å²) < 4.78 is 11.8. The first-order valence-corrected chi connectivity index (χ1v) is 7.73. The monoisotopic (exact) mass is 353 g/mol. The molecule has 1 aliphatic heterocycles. The van der Waals surface area contributed by atoms with Gasteiger partial charge in [-0.15, -0.1) is 11.3 Å². The van der Waals surface area contributed by atoms with Crippen LogP contribution in [-0.4, -0.2) is 19.1 Å². The summed E-state index contributed by atoms with van der Waals surface area (Å²) in [4.78, 5) is 12.7. The van der Waals surface area contributed by atoms with Crippen LogP contribution >= 0.6 is 27.3 Å². The number of halogens is 1. The predicted octanol–water partition coefficient (Wildman–Crippen LogP) is 3.81. The molecule has 0 spiro atoms. The van der Waals surface area contributed by atoms with Gasteiger partial charge in [0.25, 0.3) is 5.91 Å². The molecule has 2 heterocycles. The molecule has 20 heavy (non-hydrogen) atoms. The Labute approximate surface area is 128 Å². The number of hydrogen-bond acceptors (Lipinski definition) is 4. The molecule has 104 valence electrons. The van der Waals surface area contributed by atoms with E-state index in [1.165, 1.54) is 11.3 Å². The van der Waals surface area contributed by atoms with Crippen LogP contribution in [0.15, 0.2) is 40.2 Å². The molecule has 0 saturated carbocycles. The molecule has 1 fully saturated rings. The van der Waals surface area contributed by atoms with Crippen molar-refractivity contribution in [2.45, 2.75) is 6.29 Å². The highest BCUT2D eigenvalue weighted by atomic mass is 79.9. The van der Waals surface area contributed by atoms with Crippen molar-refractivity contribution >= 4 is 38.9 Å². The van der Waals surface area contributed by atoms with Crippen LogP contribution in [0.4, 0.5) is 5.69 Å². The Hall–Kier alpha value is -1.21. The van der Waals surface area contributed by atoms with E-state index in [4.69, 9.17) is 9.47 Å². The fourth-order valence-electron chi connectivity index (χ4n) is 1.90. The zero-order valence-corrected chi connectivity index (χ0v) is 12.9. The molecule has 1 aromatic heterocycles. The minimum absolute atomic E-state index is 0.109. The van der Waals surface area contributed by atoms with E-state index in [-0.39, 0.29) is 12.2 Å². The molecule has 1 saturated heterocycles. The van der Waals surface area contributed by atoms with Gasteiger partial charge >= 0.3 is 0 Å². The van der Waals surface area contributed by atoms with Gasteiger partial charge < -0.3 is 14.8 Å². The Balaban J connectivity index is 1.67. The van der Waals surface area contributed by atoms with Crippen molar-refractivity contribution in [3.8, 4) is 0 Å². The summed E-state index contributed by atoms with van der Waals surface area (Å²) >= 11 is 4.75. The van der Waals surface area contributed by atoms with E-state index >= 15 is 0 Å². The highest BCUT2D eigenvalue weighted by Gasteiger charge is 2.18. The lowest BCUT2D eigenvalue weighted by Crippen LogP contribution is -2.10. The van der Waals surface area contributed by atoms with Gasteiger partial charge in [-0.1, -0.05) is 12.1 Å². The Morgan fingerprint density at radius 2 is 1.85 bits per heavy atom. The van der Waals surface area contributed by atoms with Crippen molar-refractivity contribution in [2.75, 3.05) is 18.5 Å². The maximum Gasteiger partial charge on any atom is 0.265 e. The molecule has 6 heteroatoms. The molecule has 2 aromatic rings. The van der Waals surface area contributed by atoms with Crippen LogP contribution in [-0.2, 0) is 9.47 Å². The van der Waals surface area contributed by atoms with E-state index in [0.717, 1.165) is 15.0 Å². The van der Waals surface area contributed by atoms with Gasteiger partial charge in [0.15, 0.2) is 6.29 Å².